The molecule has 2 heterocycles. The molecule has 1 N–H and O–H groups in total. The number of aliphatic hydroxyl groups is 1. The lowest BCUT2D eigenvalue weighted by molar-refractivity contribution is -0.133. The van der Waals surface area contributed by atoms with Crippen LogP contribution in [0.3, 0.4) is 0 Å². The molecule has 2 saturated heterocycles. The molecule has 3 unspecified atom stereocenters. The minimum atomic E-state index is -0.318. The summed E-state index contributed by atoms with van der Waals surface area (Å²) in [7, 11) is 0. The molecule has 0 aliphatic carbocycles. The fraction of sp³-hybridized carbons (Fsp3) is 0.929. The van der Waals surface area contributed by atoms with Gasteiger partial charge in [-0.05, 0) is 45.4 Å². The molecule has 0 spiro atoms. The van der Waals surface area contributed by atoms with E-state index in [1.165, 1.54) is 0 Å². The Morgan fingerprint density at radius 3 is 2.94 bits per heavy atom. The number of amides is 1. The maximum absolute atomic E-state index is 12.2. The molecule has 0 aromatic rings. The van der Waals surface area contributed by atoms with E-state index in [1.807, 2.05) is 4.90 Å². The Morgan fingerprint density at radius 2 is 2.28 bits per heavy atom. The van der Waals surface area contributed by atoms with Gasteiger partial charge in [0.15, 0.2) is 0 Å². The van der Waals surface area contributed by atoms with Gasteiger partial charge in [-0.25, -0.2) is 0 Å². The number of carbonyl (C=O) groups excluding carboxylic acids is 1. The van der Waals surface area contributed by atoms with Crippen LogP contribution in [0.5, 0.6) is 0 Å². The first-order chi connectivity index (χ1) is 8.66. The van der Waals surface area contributed by atoms with Crippen LogP contribution in [0.25, 0.3) is 0 Å². The number of rotatable bonds is 5. The molecule has 104 valence electrons. The molecule has 0 saturated carbocycles. The first-order valence-electron chi connectivity index (χ1n) is 7.26. The summed E-state index contributed by atoms with van der Waals surface area (Å²) in [6, 6.07) is 0.252. The van der Waals surface area contributed by atoms with E-state index in [1.54, 1.807) is 6.92 Å². The molecule has 0 bridgehead atoms. The number of aliphatic hydroxyl groups excluding tert-OH is 1. The van der Waals surface area contributed by atoms with E-state index in [0.29, 0.717) is 18.9 Å². The van der Waals surface area contributed by atoms with Crippen molar-refractivity contribution in [1.82, 2.24) is 4.90 Å². The second-order valence-electron chi connectivity index (χ2n) is 5.64. The Balaban J connectivity index is 1.76. The van der Waals surface area contributed by atoms with Gasteiger partial charge in [0, 0.05) is 25.6 Å². The molecule has 2 fully saturated rings. The molecular weight excluding hydrogens is 230 g/mol. The lowest BCUT2D eigenvalue weighted by Crippen LogP contribution is -2.37. The van der Waals surface area contributed by atoms with Crippen molar-refractivity contribution in [2.24, 2.45) is 0 Å². The average Bonchev–Trinajstić information content (AvgIpc) is 2.95. The topological polar surface area (TPSA) is 49.8 Å². The average molecular weight is 255 g/mol. The van der Waals surface area contributed by atoms with Crippen LogP contribution in [-0.4, -0.2) is 47.3 Å². The summed E-state index contributed by atoms with van der Waals surface area (Å²) in [6.07, 6.45) is 6.49. The summed E-state index contributed by atoms with van der Waals surface area (Å²) in [5, 5.41) is 9.46. The van der Waals surface area contributed by atoms with E-state index in [-0.39, 0.29) is 18.1 Å². The molecule has 1 amide bonds. The molecule has 2 rings (SSSR count). The number of carbonyl (C=O) groups is 1. The first-order valence-corrected chi connectivity index (χ1v) is 7.26. The van der Waals surface area contributed by atoms with E-state index in [4.69, 9.17) is 4.74 Å². The fourth-order valence-corrected chi connectivity index (χ4v) is 3.10. The van der Waals surface area contributed by atoms with Crippen molar-refractivity contribution in [2.75, 3.05) is 13.2 Å². The summed E-state index contributed by atoms with van der Waals surface area (Å²) in [6.45, 7) is 3.52. The SMILES string of the molecule is CC(O)CC1CCCN1C(=O)CCC1CCCO1. The molecule has 2 aliphatic rings. The minimum absolute atomic E-state index is 0.244. The first kappa shape index (κ1) is 13.8. The highest BCUT2D eigenvalue weighted by molar-refractivity contribution is 5.76. The van der Waals surface area contributed by atoms with Gasteiger partial charge in [0.1, 0.15) is 0 Å². The van der Waals surface area contributed by atoms with Gasteiger partial charge in [-0.15, -0.1) is 0 Å². The minimum Gasteiger partial charge on any atom is -0.393 e. The van der Waals surface area contributed by atoms with Gasteiger partial charge in [0.05, 0.1) is 12.2 Å². The van der Waals surface area contributed by atoms with Gasteiger partial charge in [0.25, 0.3) is 0 Å². The van der Waals surface area contributed by atoms with Gasteiger partial charge >= 0.3 is 0 Å². The van der Waals surface area contributed by atoms with Crippen LogP contribution in [0, 0.1) is 0 Å². The second-order valence-corrected chi connectivity index (χ2v) is 5.64. The zero-order valence-corrected chi connectivity index (χ0v) is 11.3. The van der Waals surface area contributed by atoms with Crippen LogP contribution in [0.1, 0.15) is 51.9 Å². The Kier molecular flexibility index (Phi) is 5.01. The number of hydrogen-bond acceptors (Lipinski definition) is 3. The van der Waals surface area contributed by atoms with Crippen molar-refractivity contribution in [3.05, 3.63) is 0 Å². The lowest BCUT2D eigenvalue weighted by Gasteiger charge is -2.26. The van der Waals surface area contributed by atoms with Crippen molar-refractivity contribution in [3.63, 3.8) is 0 Å². The second kappa shape index (κ2) is 6.53. The monoisotopic (exact) mass is 255 g/mol. The van der Waals surface area contributed by atoms with E-state index in [2.05, 4.69) is 0 Å². The van der Waals surface area contributed by atoms with E-state index in [0.717, 1.165) is 45.3 Å². The maximum Gasteiger partial charge on any atom is 0.222 e. The number of hydrogen-bond donors (Lipinski definition) is 1. The smallest absolute Gasteiger partial charge is 0.222 e. The maximum atomic E-state index is 12.2. The molecule has 0 aromatic carbocycles. The number of ether oxygens (including phenoxy) is 1. The van der Waals surface area contributed by atoms with Crippen LogP contribution in [0.4, 0.5) is 0 Å². The normalized spacial score (nSPS) is 29.8. The van der Waals surface area contributed by atoms with E-state index < -0.39 is 0 Å². The summed E-state index contributed by atoms with van der Waals surface area (Å²) >= 11 is 0. The van der Waals surface area contributed by atoms with Gasteiger partial charge in [0.2, 0.25) is 5.91 Å². The highest BCUT2D eigenvalue weighted by atomic mass is 16.5. The zero-order valence-electron chi connectivity index (χ0n) is 11.3. The lowest BCUT2D eigenvalue weighted by atomic mass is 10.1. The quantitative estimate of drug-likeness (QED) is 0.813. The van der Waals surface area contributed by atoms with Gasteiger partial charge in [-0.2, -0.15) is 0 Å². The molecule has 4 heteroatoms. The van der Waals surface area contributed by atoms with Crippen molar-refractivity contribution in [3.8, 4) is 0 Å². The van der Waals surface area contributed by atoms with Gasteiger partial charge in [-0.1, -0.05) is 0 Å². The standard InChI is InChI=1S/C14H25NO3/c1-11(16)10-12-4-2-8-15(12)14(17)7-6-13-5-3-9-18-13/h11-13,16H,2-10H2,1H3. The Morgan fingerprint density at radius 1 is 1.44 bits per heavy atom. The van der Waals surface area contributed by atoms with Gasteiger partial charge in [-0.3, -0.25) is 4.79 Å². The molecule has 2 aliphatic heterocycles. The van der Waals surface area contributed by atoms with Crippen molar-refractivity contribution in [2.45, 2.75) is 70.1 Å². The van der Waals surface area contributed by atoms with Crippen LogP contribution in [-0.2, 0) is 9.53 Å². The van der Waals surface area contributed by atoms with E-state index in [9.17, 15) is 9.90 Å². The molecule has 18 heavy (non-hydrogen) atoms. The van der Waals surface area contributed by atoms with Crippen molar-refractivity contribution < 1.29 is 14.6 Å². The largest absolute Gasteiger partial charge is 0.393 e. The van der Waals surface area contributed by atoms with Crippen molar-refractivity contribution in [1.29, 1.82) is 0 Å². The Bertz CT molecular complexity index is 274. The highest BCUT2D eigenvalue weighted by Crippen LogP contribution is 2.24. The van der Waals surface area contributed by atoms with Crippen LogP contribution < -0.4 is 0 Å². The molecule has 0 aromatic heterocycles. The predicted octanol–water partition coefficient (Wildman–Crippen LogP) is 1.71. The number of nitrogens with zero attached hydrogens (tertiary/aromatic N) is 1. The van der Waals surface area contributed by atoms with Crippen molar-refractivity contribution >= 4 is 5.91 Å². The summed E-state index contributed by atoms with van der Waals surface area (Å²) in [5.74, 6) is 0.244. The third kappa shape index (κ3) is 3.69. The summed E-state index contributed by atoms with van der Waals surface area (Å²) < 4.78 is 5.55. The zero-order chi connectivity index (χ0) is 13.0. The molecule has 0 radical (unpaired) electrons. The van der Waals surface area contributed by atoms with Crippen LogP contribution >= 0.6 is 0 Å². The molecule has 4 nitrogen and oxygen atoms in total. The molecular formula is C14H25NO3. The summed E-state index contributed by atoms with van der Waals surface area (Å²) in [5.41, 5.74) is 0. The van der Waals surface area contributed by atoms with Gasteiger partial charge < -0.3 is 14.7 Å². The summed E-state index contributed by atoms with van der Waals surface area (Å²) in [4.78, 5) is 14.2. The highest BCUT2D eigenvalue weighted by Gasteiger charge is 2.29. The van der Waals surface area contributed by atoms with E-state index >= 15 is 0 Å². The third-order valence-electron chi connectivity index (χ3n) is 4.01. The molecule has 3 atom stereocenters. The Hall–Kier alpha value is -0.610. The Labute approximate surface area is 109 Å². The van der Waals surface area contributed by atoms with Crippen LogP contribution in [0.15, 0.2) is 0 Å². The van der Waals surface area contributed by atoms with Crippen LogP contribution in [0.2, 0.25) is 0 Å². The third-order valence-corrected chi connectivity index (χ3v) is 4.01. The fourth-order valence-electron chi connectivity index (χ4n) is 3.10. The predicted molar refractivity (Wildman–Crippen MR) is 69.2 cm³/mol. The number of likely N-dealkylation sites (tertiary alicyclic amines) is 1.